The van der Waals surface area contributed by atoms with Gasteiger partial charge < -0.3 is 14.7 Å². The van der Waals surface area contributed by atoms with Crippen molar-refractivity contribution in [2.45, 2.75) is 25.4 Å². The van der Waals surface area contributed by atoms with Crippen LogP contribution >= 0.6 is 15.9 Å². The summed E-state index contributed by atoms with van der Waals surface area (Å²) >= 11 is 3.58. The number of β-amino-alcohol motifs (C(OH)–C–C–N with tert-alkyl or cyclic N) is 1. The molecule has 3 rings (SSSR count). The summed E-state index contributed by atoms with van der Waals surface area (Å²) in [6.07, 6.45) is 3.35. The first-order valence-electron chi connectivity index (χ1n) is 8.60. The van der Waals surface area contributed by atoms with Gasteiger partial charge in [0.2, 0.25) is 0 Å². The van der Waals surface area contributed by atoms with Crippen LogP contribution in [0.2, 0.25) is 0 Å². The Bertz CT molecular complexity index is 638. The third kappa shape index (κ3) is 4.82. The lowest BCUT2D eigenvalue weighted by Crippen LogP contribution is -2.38. The number of benzene rings is 2. The molecular formula is C20H24BrNO2. The molecule has 0 amide bonds. The molecule has 0 aliphatic carbocycles. The molecule has 1 atom stereocenters. The molecule has 0 bridgehead atoms. The van der Waals surface area contributed by atoms with Crippen LogP contribution in [0.15, 0.2) is 53.0 Å². The lowest BCUT2D eigenvalue weighted by molar-refractivity contribution is 0.0617. The number of ether oxygens (including phenoxy) is 1. The van der Waals surface area contributed by atoms with Gasteiger partial charge >= 0.3 is 0 Å². The van der Waals surface area contributed by atoms with Crippen molar-refractivity contribution < 1.29 is 9.84 Å². The summed E-state index contributed by atoms with van der Waals surface area (Å²) in [6.45, 7) is 3.23. The molecule has 0 aromatic heterocycles. The fourth-order valence-electron chi connectivity index (χ4n) is 3.11. The number of halogens is 1. The highest BCUT2D eigenvalue weighted by Crippen LogP contribution is 2.29. The maximum absolute atomic E-state index is 10.2. The van der Waals surface area contributed by atoms with E-state index in [2.05, 4.69) is 26.9 Å². The van der Waals surface area contributed by atoms with Crippen molar-refractivity contribution in [2.24, 2.45) is 0 Å². The predicted molar refractivity (Wildman–Crippen MR) is 101 cm³/mol. The molecule has 1 aliphatic rings. The Hall–Kier alpha value is -1.36. The number of aliphatic hydroxyl groups excluding tert-OH is 1. The molecule has 1 aliphatic heterocycles. The quantitative estimate of drug-likeness (QED) is 0.797. The molecule has 3 nitrogen and oxygen atoms in total. The maximum atomic E-state index is 10.2. The van der Waals surface area contributed by atoms with E-state index >= 15 is 0 Å². The lowest BCUT2D eigenvalue weighted by atomic mass is 10.1. The summed E-state index contributed by atoms with van der Waals surface area (Å²) < 4.78 is 6.82. The molecule has 0 radical (unpaired) electrons. The first-order chi connectivity index (χ1) is 11.7. The van der Waals surface area contributed by atoms with Gasteiger partial charge in [-0.1, -0.05) is 52.7 Å². The van der Waals surface area contributed by atoms with Gasteiger partial charge in [0.15, 0.2) is 0 Å². The smallest absolute Gasteiger partial charge is 0.119 e. The standard InChI is InChI=1S/C20H24BrNO2/c21-20-7-3-2-6-19(20)16-8-10-18(11-9-16)24-15-17(23)14-22-12-4-1-5-13-22/h2-3,6-11,17,23H,1,4-5,12-15H2. The van der Waals surface area contributed by atoms with E-state index in [1.54, 1.807) is 0 Å². The molecule has 1 heterocycles. The topological polar surface area (TPSA) is 32.7 Å². The van der Waals surface area contributed by atoms with Gasteiger partial charge in [-0.2, -0.15) is 0 Å². The third-order valence-electron chi connectivity index (χ3n) is 4.40. The van der Waals surface area contributed by atoms with Gasteiger partial charge in [-0.05, 0) is 55.3 Å². The van der Waals surface area contributed by atoms with Gasteiger partial charge in [0.05, 0.1) is 0 Å². The van der Waals surface area contributed by atoms with Gasteiger partial charge in [0.25, 0.3) is 0 Å². The number of rotatable bonds is 6. The molecule has 24 heavy (non-hydrogen) atoms. The Kier molecular flexibility index (Phi) is 6.30. The monoisotopic (exact) mass is 389 g/mol. The number of likely N-dealkylation sites (tertiary alicyclic amines) is 1. The second-order valence-corrected chi connectivity index (χ2v) is 7.18. The normalized spacial score (nSPS) is 16.8. The van der Waals surface area contributed by atoms with Crippen LogP contribution < -0.4 is 4.74 Å². The number of hydrogen-bond acceptors (Lipinski definition) is 3. The van der Waals surface area contributed by atoms with Crippen LogP contribution in [0.4, 0.5) is 0 Å². The van der Waals surface area contributed by atoms with E-state index < -0.39 is 6.10 Å². The minimum atomic E-state index is -0.439. The summed E-state index contributed by atoms with van der Waals surface area (Å²) in [5.74, 6) is 0.795. The number of hydrogen-bond donors (Lipinski definition) is 1. The molecular weight excluding hydrogens is 366 g/mol. The Morgan fingerprint density at radius 1 is 1.00 bits per heavy atom. The Morgan fingerprint density at radius 3 is 2.42 bits per heavy atom. The SMILES string of the molecule is OC(COc1ccc(-c2ccccc2Br)cc1)CN1CCCCC1. The average Bonchev–Trinajstić information content (AvgIpc) is 2.62. The van der Waals surface area contributed by atoms with Gasteiger partial charge in [-0.25, -0.2) is 0 Å². The zero-order valence-electron chi connectivity index (χ0n) is 13.8. The van der Waals surface area contributed by atoms with Gasteiger partial charge in [0, 0.05) is 11.0 Å². The molecule has 1 N–H and O–H groups in total. The van der Waals surface area contributed by atoms with E-state index in [4.69, 9.17) is 4.74 Å². The van der Waals surface area contributed by atoms with E-state index in [1.807, 2.05) is 42.5 Å². The summed E-state index contributed by atoms with van der Waals surface area (Å²) in [6, 6.07) is 16.2. The molecule has 4 heteroatoms. The number of nitrogens with zero attached hydrogens (tertiary/aromatic N) is 1. The molecule has 0 spiro atoms. The molecule has 2 aromatic rings. The number of piperidine rings is 1. The van der Waals surface area contributed by atoms with Crippen LogP contribution in [0.25, 0.3) is 11.1 Å². The van der Waals surface area contributed by atoms with Crippen molar-refractivity contribution >= 4 is 15.9 Å². The average molecular weight is 390 g/mol. The van der Waals surface area contributed by atoms with Gasteiger partial charge in [-0.15, -0.1) is 0 Å². The van der Waals surface area contributed by atoms with Crippen LogP contribution in [0, 0.1) is 0 Å². The molecule has 2 aromatic carbocycles. The lowest BCUT2D eigenvalue weighted by Gasteiger charge is -2.28. The van der Waals surface area contributed by atoms with Gasteiger partial charge in [0.1, 0.15) is 18.5 Å². The van der Waals surface area contributed by atoms with E-state index in [1.165, 1.54) is 19.3 Å². The van der Waals surface area contributed by atoms with E-state index in [-0.39, 0.29) is 0 Å². The molecule has 128 valence electrons. The molecule has 0 saturated carbocycles. The second kappa shape index (κ2) is 8.65. The predicted octanol–water partition coefficient (Wildman–Crippen LogP) is 4.34. The van der Waals surface area contributed by atoms with Crippen molar-refractivity contribution in [3.8, 4) is 16.9 Å². The summed E-state index contributed by atoms with van der Waals surface area (Å²) in [4.78, 5) is 2.33. The summed E-state index contributed by atoms with van der Waals surface area (Å²) in [5.41, 5.74) is 2.30. The minimum Gasteiger partial charge on any atom is -0.491 e. The van der Waals surface area contributed by atoms with Crippen LogP contribution in [-0.2, 0) is 0 Å². The summed E-state index contributed by atoms with van der Waals surface area (Å²) in [7, 11) is 0. The van der Waals surface area contributed by atoms with E-state index in [9.17, 15) is 5.11 Å². The molecule has 1 fully saturated rings. The van der Waals surface area contributed by atoms with Crippen LogP contribution in [0.1, 0.15) is 19.3 Å². The highest BCUT2D eigenvalue weighted by atomic mass is 79.9. The van der Waals surface area contributed by atoms with Crippen LogP contribution in [0.3, 0.4) is 0 Å². The second-order valence-electron chi connectivity index (χ2n) is 6.33. The zero-order valence-corrected chi connectivity index (χ0v) is 15.4. The Morgan fingerprint density at radius 2 is 1.71 bits per heavy atom. The van der Waals surface area contributed by atoms with Crippen LogP contribution in [0.5, 0.6) is 5.75 Å². The first-order valence-corrected chi connectivity index (χ1v) is 9.40. The van der Waals surface area contributed by atoms with E-state index in [0.29, 0.717) is 13.2 Å². The Labute approximate surface area is 152 Å². The fraction of sp³-hybridized carbons (Fsp3) is 0.400. The number of aliphatic hydroxyl groups is 1. The zero-order chi connectivity index (χ0) is 16.8. The van der Waals surface area contributed by atoms with Crippen molar-refractivity contribution in [3.05, 3.63) is 53.0 Å². The highest BCUT2D eigenvalue weighted by molar-refractivity contribution is 9.10. The van der Waals surface area contributed by atoms with Crippen molar-refractivity contribution in [3.63, 3.8) is 0 Å². The maximum Gasteiger partial charge on any atom is 0.119 e. The highest BCUT2D eigenvalue weighted by Gasteiger charge is 2.15. The van der Waals surface area contributed by atoms with Crippen molar-refractivity contribution in [1.82, 2.24) is 4.90 Å². The van der Waals surface area contributed by atoms with Crippen LogP contribution in [-0.4, -0.2) is 42.4 Å². The first kappa shape index (κ1) is 17.5. The largest absolute Gasteiger partial charge is 0.491 e. The van der Waals surface area contributed by atoms with E-state index in [0.717, 1.165) is 34.4 Å². The third-order valence-corrected chi connectivity index (χ3v) is 5.09. The van der Waals surface area contributed by atoms with Gasteiger partial charge in [-0.3, -0.25) is 0 Å². The fourth-order valence-corrected chi connectivity index (χ4v) is 3.62. The molecule has 1 saturated heterocycles. The minimum absolute atomic E-state index is 0.338. The van der Waals surface area contributed by atoms with Crippen molar-refractivity contribution in [2.75, 3.05) is 26.2 Å². The summed E-state index contributed by atoms with van der Waals surface area (Å²) in [5, 5.41) is 10.2. The van der Waals surface area contributed by atoms with Crippen molar-refractivity contribution in [1.29, 1.82) is 0 Å². The molecule has 1 unspecified atom stereocenters. The Balaban J connectivity index is 1.52.